The minimum atomic E-state index is -0.0648. The summed E-state index contributed by atoms with van der Waals surface area (Å²) < 4.78 is 0. The maximum absolute atomic E-state index is 12.9. The summed E-state index contributed by atoms with van der Waals surface area (Å²) in [6, 6.07) is 13.9. The molecule has 1 fully saturated rings. The van der Waals surface area contributed by atoms with Crippen LogP contribution < -0.4 is 0 Å². The fourth-order valence-electron chi connectivity index (χ4n) is 4.28. The Hall–Kier alpha value is -1.51. The molecule has 1 saturated heterocycles. The van der Waals surface area contributed by atoms with Crippen molar-refractivity contribution in [2.45, 2.75) is 24.8 Å². The van der Waals surface area contributed by atoms with Crippen molar-refractivity contribution in [3.63, 3.8) is 0 Å². The van der Waals surface area contributed by atoms with E-state index in [2.05, 4.69) is 6.07 Å². The molecule has 1 aliphatic carbocycles. The van der Waals surface area contributed by atoms with E-state index in [-0.39, 0.29) is 17.9 Å². The number of benzene rings is 2. The number of carbonyl (C=O) groups is 1. The smallest absolute Gasteiger partial charge is 0.230 e. The van der Waals surface area contributed by atoms with Crippen LogP contribution in [0.5, 0.6) is 0 Å². The van der Waals surface area contributed by atoms with Crippen molar-refractivity contribution in [3.05, 3.63) is 69.2 Å². The first-order chi connectivity index (χ1) is 11.1. The van der Waals surface area contributed by atoms with Gasteiger partial charge in [-0.1, -0.05) is 41.4 Å². The summed E-state index contributed by atoms with van der Waals surface area (Å²) in [5.41, 5.74) is 3.48. The Bertz CT molecular complexity index is 789. The molecule has 3 unspecified atom stereocenters. The third-order valence-electron chi connectivity index (χ3n) is 5.24. The fourth-order valence-corrected chi connectivity index (χ4v) is 4.67. The Morgan fingerprint density at radius 2 is 1.87 bits per heavy atom. The van der Waals surface area contributed by atoms with Crippen LogP contribution in [0.25, 0.3) is 0 Å². The summed E-state index contributed by atoms with van der Waals surface area (Å²) in [6.45, 7) is 0. The molecule has 2 aliphatic rings. The fraction of sp³-hybridized carbons (Fsp3) is 0.316. The average Bonchev–Trinajstić information content (AvgIpc) is 2.79. The number of hydrogen-bond donors (Lipinski definition) is 0. The number of nitrogens with zero attached hydrogens (tertiary/aromatic N) is 1. The lowest BCUT2D eigenvalue weighted by Gasteiger charge is -2.30. The number of amides is 1. The Morgan fingerprint density at radius 3 is 2.65 bits per heavy atom. The van der Waals surface area contributed by atoms with Gasteiger partial charge in [0.05, 0.1) is 12.0 Å². The average molecular weight is 346 g/mol. The zero-order valence-corrected chi connectivity index (χ0v) is 14.3. The van der Waals surface area contributed by atoms with Crippen LogP contribution in [-0.4, -0.2) is 17.9 Å². The van der Waals surface area contributed by atoms with E-state index in [1.54, 1.807) is 0 Å². The van der Waals surface area contributed by atoms with E-state index in [9.17, 15) is 4.79 Å². The SMILES string of the molecule is CN1C(=O)C2c3ccc(Cl)cc3CCC2C1c1cccc(Cl)c1. The molecule has 3 atom stereocenters. The van der Waals surface area contributed by atoms with Crippen LogP contribution in [-0.2, 0) is 11.2 Å². The van der Waals surface area contributed by atoms with Gasteiger partial charge in [-0.15, -0.1) is 0 Å². The maximum Gasteiger partial charge on any atom is 0.230 e. The van der Waals surface area contributed by atoms with Crippen LogP contribution in [0.2, 0.25) is 10.0 Å². The monoisotopic (exact) mass is 345 g/mol. The molecule has 0 radical (unpaired) electrons. The normalized spacial score (nSPS) is 26.1. The molecule has 1 amide bonds. The predicted octanol–water partition coefficient (Wildman–Crippen LogP) is 4.85. The zero-order chi connectivity index (χ0) is 16.1. The highest BCUT2D eigenvalue weighted by Gasteiger charge is 2.49. The number of hydrogen-bond acceptors (Lipinski definition) is 1. The third kappa shape index (κ3) is 2.36. The summed E-state index contributed by atoms with van der Waals surface area (Å²) in [6.07, 6.45) is 1.96. The van der Waals surface area contributed by atoms with E-state index in [1.165, 1.54) is 5.56 Å². The van der Waals surface area contributed by atoms with Gasteiger partial charge in [0.1, 0.15) is 0 Å². The van der Waals surface area contributed by atoms with Gasteiger partial charge in [0.15, 0.2) is 0 Å². The predicted molar refractivity (Wildman–Crippen MR) is 93.0 cm³/mol. The van der Waals surface area contributed by atoms with Crippen LogP contribution in [0.1, 0.15) is 35.1 Å². The Balaban J connectivity index is 1.79. The summed E-state index contributed by atoms with van der Waals surface area (Å²) in [4.78, 5) is 14.8. The van der Waals surface area contributed by atoms with Crippen molar-refractivity contribution < 1.29 is 4.79 Å². The quantitative estimate of drug-likeness (QED) is 0.723. The standard InChI is InChI=1S/C19H17Cl2NO/c1-22-18(12-3-2-4-13(20)10-12)16-7-5-11-9-14(21)6-8-15(11)17(16)19(22)23/h2-4,6,8-10,16-18H,5,7H2,1H3. The number of halogens is 2. The molecule has 4 rings (SSSR count). The Morgan fingerprint density at radius 1 is 1.09 bits per heavy atom. The van der Waals surface area contributed by atoms with Crippen LogP contribution >= 0.6 is 23.2 Å². The van der Waals surface area contributed by atoms with Crippen molar-refractivity contribution in [2.75, 3.05) is 7.05 Å². The van der Waals surface area contributed by atoms with Crippen molar-refractivity contribution in [3.8, 4) is 0 Å². The van der Waals surface area contributed by atoms with Gasteiger partial charge in [-0.05, 0) is 59.7 Å². The van der Waals surface area contributed by atoms with Crippen molar-refractivity contribution in [1.29, 1.82) is 0 Å². The van der Waals surface area contributed by atoms with E-state index in [4.69, 9.17) is 23.2 Å². The van der Waals surface area contributed by atoms with Crippen molar-refractivity contribution >= 4 is 29.1 Å². The van der Waals surface area contributed by atoms with Crippen LogP contribution in [0, 0.1) is 5.92 Å². The van der Waals surface area contributed by atoms with Gasteiger partial charge in [-0.25, -0.2) is 0 Å². The second-order valence-electron chi connectivity index (χ2n) is 6.47. The first-order valence-corrected chi connectivity index (χ1v) is 8.62. The van der Waals surface area contributed by atoms with Gasteiger partial charge in [0, 0.05) is 17.1 Å². The lowest BCUT2D eigenvalue weighted by Crippen LogP contribution is -2.24. The van der Waals surface area contributed by atoms with Crippen molar-refractivity contribution in [1.82, 2.24) is 4.90 Å². The van der Waals surface area contributed by atoms with E-state index in [1.807, 2.05) is 48.3 Å². The molecular formula is C19H17Cl2NO. The second kappa shape index (κ2) is 5.54. The lowest BCUT2D eigenvalue weighted by atomic mass is 9.73. The molecule has 2 aromatic carbocycles. The van der Waals surface area contributed by atoms with Gasteiger partial charge >= 0.3 is 0 Å². The van der Waals surface area contributed by atoms with E-state index >= 15 is 0 Å². The zero-order valence-electron chi connectivity index (χ0n) is 12.8. The molecule has 0 aromatic heterocycles. The summed E-state index contributed by atoms with van der Waals surface area (Å²) >= 11 is 12.3. The van der Waals surface area contributed by atoms with Crippen LogP contribution in [0.4, 0.5) is 0 Å². The van der Waals surface area contributed by atoms with Crippen LogP contribution in [0.15, 0.2) is 42.5 Å². The number of rotatable bonds is 1. The minimum absolute atomic E-state index is 0.0648. The number of likely N-dealkylation sites (tertiary alicyclic amines) is 1. The van der Waals surface area contributed by atoms with Gasteiger partial charge < -0.3 is 4.90 Å². The molecule has 2 aromatic rings. The summed E-state index contributed by atoms with van der Waals surface area (Å²) in [5, 5.41) is 1.46. The largest absolute Gasteiger partial charge is 0.338 e. The summed E-state index contributed by atoms with van der Waals surface area (Å²) in [5.74, 6) is 0.424. The lowest BCUT2D eigenvalue weighted by molar-refractivity contribution is -0.129. The van der Waals surface area contributed by atoms with Crippen molar-refractivity contribution in [2.24, 2.45) is 5.92 Å². The molecule has 23 heavy (non-hydrogen) atoms. The van der Waals surface area contributed by atoms with Gasteiger partial charge in [-0.3, -0.25) is 4.79 Å². The molecule has 0 saturated carbocycles. The molecule has 1 aliphatic heterocycles. The molecule has 0 bridgehead atoms. The topological polar surface area (TPSA) is 20.3 Å². The molecular weight excluding hydrogens is 329 g/mol. The molecule has 118 valence electrons. The molecule has 0 N–H and O–H groups in total. The maximum atomic E-state index is 12.9. The Kier molecular flexibility index (Phi) is 3.62. The second-order valence-corrected chi connectivity index (χ2v) is 7.35. The number of carbonyl (C=O) groups excluding carboxylic acids is 1. The highest BCUT2D eigenvalue weighted by Crippen LogP contribution is 2.51. The van der Waals surface area contributed by atoms with E-state index in [0.717, 1.165) is 34.0 Å². The first-order valence-electron chi connectivity index (χ1n) is 7.87. The molecule has 2 nitrogen and oxygen atoms in total. The number of fused-ring (bicyclic) bond motifs is 3. The number of likely N-dealkylation sites (N-methyl/N-ethyl adjacent to an activating group) is 1. The number of aryl methyl sites for hydroxylation is 1. The first kappa shape index (κ1) is 15.0. The summed E-state index contributed by atoms with van der Waals surface area (Å²) in [7, 11) is 1.90. The minimum Gasteiger partial charge on any atom is -0.338 e. The molecule has 0 spiro atoms. The van der Waals surface area contributed by atoms with E-state index < -0.39 is 0 Å². The Labute approximate surface area is 146 Å². The highest BCUT2D eigenvalue weighted by atomic mass is 35.5. The molecule has 1 heterocycles. The van der Waals surface area contributed by atoms with Crippen LogP contribution in [0.3, 0.4) is 0 Å². The van der Waals surface area contributed by atoms with E-state index in [0.29, 0.717) is 5.92 Å². The van der Waals surface area contributed by atoms with Gasteiger partial charge in [0.2, 0.25) is 5.91 Å². The third-order valence-corrected chi connectivity index (χ3v) is 5.71. The molecule has 4 heteroatoms. The van der Waals surface area contributed by atoms with Gasteiger partial charge in [0.25, 0.3) is 0 Å². The van der Waals surface area contributed by atoms with Gasteiger partial charge in [-0.2, -0.15) is 0 Å². The highest BCUT2D eigenvalue weighted by molar-refractivity contribution is 6.31.